The van der Waals surface area contributed by atoms with Crippen molar-refractivity contribution in [1.29, 1.82) is 0 Å². The van der Waals surface area contributed by atoms with Gasteiger partial charge < -0.3 is 10.2 Å². The van der Waals surface area contributed by atoms with E-state index in [1.54, 1.807) is 0 Å². The number of hydrogen-bond acceptors (Lipinski definition) is 2. The highest BCUT2D eigenvalue weighted by molar-refractivity contribution is 6.31. The van der Waals surface area contributed by atoms with Gasteiger partial charge in [-0.1, -0.05) is 38.4 Å². The molecule has 0 saturated heterocycles. The van der Waals surface area contributed by atoms with Crippen LogP contribution in [0.25, 0.3) is 0 Å². The fraction of sp³-hybridized carbons (Fsp3) is 0.667. The van der Waals surface area contributed by atoms with E-state index in [0.717, 1.165) is 18.1 Å². The van der Waals surface area contributed by atoms with E-state index < -0.39 is 0 Å². The molecule has 1 saturated carbocycles. The van der Waals surface area contributed by atoms with Crippen LogP contribution in [0.4, 0.5) is 5.69 Å². The molecule has 0 spiro atoms. The molecule has 1 aromatic carbocycles. The lowest BCUT2D eigenvalue weighted by atomic mass is 9.75. The van der Waals surface area contributed by atoms with Gasteiger partial charge in [-0.2, -0.15) is 0 Å². The summed E-state index contributed by atoms with van der Waals surface area (Å²) in [5.41, 5.74) is 3.03. The van der Waals surface area contributed by atoms with Crippen LogP contribution in [0.15, 0.2) is 18.2 Å². The van der Waals surface area contributed by atoms with Gasteiger partial charge in [0.15, 0.2) is 0 Å². The summed E-state index contributed by atoms with van der Waals surface area (Å²) in [5, 5.41) is 4.28. The van der Waals surface area contributed by atoms with Crippen LogP contribution in [0.5, 0.6) is 0 Å². The van der Waals surface area contributed by atoms with Crippen molar-refractivity contribution in [1.82, 2.24) is 5.32 Å². The van der Waals surface area contributed by atoms with Crippen molar-refractivity contribution in [2.24, 2.45) is 5.41 Å². The van der Waals surface area contributed by atoms with Crippen molar-refractivity contribution in [3.05, 3.63) is 28.8 Å². The van der Waals surface area contributed by atoms with Crippen LogP contribution in [0, 0.1) is 5.41 Å². The molecule has 0 bridgehead atoms. The summed E-state index contributed by atoms with van der Waals surface area (Å²) in [7, 11) is 2.23. The number of hydrogen-bond donors (Lipinski definition) is 1. The molecule has 21 heavy (non-hydrogen) atoms. The number of nitrogens with one attached hydrogen (secondary N) is 1. The Morgan fingerprint density at radius 1 is 1.29 bits per heavy atom. The highest BCUT2D eigenvalue weighted by Gasteiger charge is 2.29. The molecule has 118 valence electrons. The Hall–Kier alpha value is -0.730. The Kier molecular flexibility index (Phi) is 5.56. The van der Waals surface area contributed by atoms with Crippen molar-refractivity contribution in [2.45, 2.75) is 59.0 Å². The Morgan fingerprint density at radius 2 is 1.95 bits per heavy atom. The summed E-state index contributed by atoms with van der Waals surface area (Å²) in [4.78, 5) is 2.45. The van der Waals surface area contributed by atoms with E-state index in [9.17, 15) is 0 Å². The first-order valence-corrected chi connectivity index (χ1v) is 8.53. The normalized spacial score (nSPS) is 18.7. The zero-order valence-corrected chi connectivity index (χ0v) is 14.6. The lowest BCUT2D eigenvalue weighted by molar-refractivity contribution is 0.222. The molecule has 1 aliphatic carbocycles. The fourth-order valence-corrected chi connectivity index (χ4v) is 3.51. The number of rotatable bonds is 5. The van der Waals surface area contributed by atoms with Gasteiger partial charge in [-0.3, -0.25) is 0 Å². The predicted molar refractivity (Wildman–Crippen MR) is 93.3 cm³/mol. The summed E-state index contributed by atoms with van der Waals surface area (Å²) in [6.45, 7) is 8.71. The van der Waals surface area contributed by atoms with Crippen LogP contribution in [-0.4, -0.2) is 19.6 Å². The second kappa shape index (κ2) is 7.02. The molecule has 1 N–H and O–H groups in total. The molecule has 1 aliphatic rings. The Morgan fingerprint density at radius 3 is 2.57 bits per heavy atom. The molecule has 1 fully saturated rings. The SMILES string of the molecule is CCNCc1c(Cl)cccc1N(C)C1CCC(C)(C)CC1. The number of nitrogens with zero attached hydrogens (tertiary/aromatic N) is 1. The van der Waals surface area contributed by atoms with Gasteiger partial charge in [0.2, 0.25) is 0 Å². The minimum absolute atomic E-state index is 0.512. The van der Waals surface area contributed by atoms with Gasteiger partial charge in [0.1, 0.15) is 0 Å². The standard InChI is InChI=1S/C18H29ClN2/c1-5-20-13-15-16(19)7-6-8-17(15)21(4)14-9-11-18(2,3)12-10-14/h6-8,14,20H,5,9-13H2,1-4H3. The maximum atomic E-state index is 6.43. The van der Waals surface area contributed by atoms with Gasteiger partial charge in [0.25, 0.3) is 0 Å². The van der Waals surface area contributed by atoms with Crippen LogP contribution < -0.4 is 10.2 Å². The van der Waals surface area contributed by atoms with E-state index >= 15 is 0 Å². The van der Waals surface area contributed by atoms with E-state index in [4.69, 9.17) is 11.6 Å². The summed E-state index contributed by atoms with van der Waals surface area (Å²) in [6, 6.07) is 6.90. The minimum atomic E-state index is 0.512. The zero-order valence-electron chi connectivity index (χ0n) is 13.9. The van der Waals surface area contributed by atoms with Crippen molar-refractivity contribution >= 4 is 17.3 Å². The topological polar surface area (TPSA) is 15.3 Å². The summed E-state index contributed by atoms with van der Waals surface area (Å²) in [6.07, 6.45) is 5.17. The fourth-order valence-electron chi connectivity index (χ4n) is 3.27. The van der Waals surface area contributed by atoms with E-state index in [0.29, 0.717) is 11.5 Å². The van der Waals surface area contributed by atoms with Crippen LogP contribution >= 0.6 is 11.6 Å². The van der Waals surface area contributed by atoms with Crippen molar-refractivity contribution in [3.63, 3.8) is 0 Å². The second-order valence-corrected chi connectivity index (χ2v) is 7.43. The van der Waals surface area contributed by atoms with Crippen molar-refractivity contribution in [2.75, 3.05) is 18.5 Å². The first kappa shape index (κ1) is 16.6. The molecule has 0 amide bonds. The zero-order chi connectivity index (χ0) is 15.5. The first-order chi connectivity index (χ1) is 9.94. The molecule has 0 aliphatic heterocycles. The summed E-state index contributed by atoms with van der Waals surface area (Å²) in [5.74, 6) is 0. The van der Waals surface area contributed by atoms with Crippen LogP contribution in [0.2, 0.25) is 5.02 Å². The molecule has 3 heteroatoms. The molecule has 0 unspecified atom stereocenters. The molecule has 1 aromatic rings. The van der Waals surface area contributed by atoms with Crippen LogP contribution in [0.3, 0.4) is 0 Å². The average molecular weight is 309 g/mol. The number of anilines is 1. The Bertz CT molecular complexity index is 460. The molecule has 2 nitrogen and oxygen atoms in total. The lowest BCUT2D eigenvalue weighted by Crippen LogP contribution is -2.38. The third-order valence-corrected chi connectivity index (χ3v) is 5.24. The second-order valence-electron chi connectivity index (χ2n) is 7.02. The smallest absolute Gasteiger partial charge is 0.0471 e. The van der Waals surface area contributed by atoms with E-state index in [-0.39, 0.29) is 0 Å². The number of benzene rings is 1. The third kappa shape index (κ3) is 4.14. The maximum Gasteiger partial charge on any atom is 0.0471 e. The first-order valence-electron chi connectivity index (χ1n) is 8.15. The molecule has 0 aromatic heterocycles. The van der Waals surface area contributed by atoms with Gasteiger partial charge in [0, 0.05) is 35.9 Å². The average Bonchev–Trinajstić information content (AvgIpc) is 2.45. The summed E-state index contributed by atoms with van der Waals surface area (Å²) >= 11 is 6.43. The van der Waals surface area contributed by atoms with Gasteiger partial charge in [-0.15, -0.1) is 0 Å². The Labute approximate surface area is 134 Å². The molecule has 2 rings (SSSR count). The lowest BCUT2D eigenvalue weighted by Gasteiger charge is -2.40. The quantitative estimate of drug-likeness (QED) is 0.836. The van der Waals surface area contributed by atoms with Gasteiger partial charge in [0.05, 0.1) is 0 Å². The van der Waals surface area contributed by atoms with E-state index in [1.165, 1.54) is 36.9 Å². The maximum absolute atomic E-state index is 6.43. The van der Waals surface area contributed by atoms with Crippen molar-refractivity contribution in [3.8, 4) is 0 Å². The third-order valence-electron chi connectivity index (χ3n) is 4.88. The van der Waals surface area contributed by atoms with Gasteiger partial charge >= 0.3 is 0 Å². The van der Waals surface area contributed by atoms with Crippen LogP contribution in [0.1, 0.15) is 52.0 Å². The number of halogens is 1. The molecule has 0 heterocycles. The highest BCUT2D eigenvalue weighted by atomic mass is 35.5. The minimum Gasteiger partial charge on any atom is -0.371 e. The van der Waals surface area contributed by atoms with Crippen molar-refractivity contribution < 1.29 is 0 Å². The molecular weight excluding hydrogens is 280 g/mol. The Balaban J connectivity index is 2.15. The monoisotopic (exact) mass is 308 g/mol. The van der Waals surface area contributed by atoms with E-state index in [1.807, 2.05) is 6.07 Å². The van der Waals surface area contributed by atoms with Gasteiger partial charge in [-0.25, -0.2) is 0 Å². The molecule has 0 atom stereocenters. The summed E-state index contributed by atoms with van der Waals surface area (Å²) < 4.78 is 0. The highest BCUT2D eigenvalue weighted by Crippen LogP contribution is 2.38. The van der Waals surface area contributed by atoms with Crippen LogP contribution in [-0.2, 0) is 6.54 Å². The van der Waals surface area contributed by atoms with Gasteiger partial charge in [-0.05, 0) is 49.8 Å². The molecular formula is C18H29ClN2. The largest absolute Gasteiger partial charge is 0.371 e. The predicted octanol–water partition coefficient (Wildman–Crippen LogP) is 4.85. The molecule has 0 radical (unpaired) electrons. The van der Waals surface area contributed by atoms with E-state index in [2.05, 4.69) is 50.2 Å².